The minimum atomic E-state index is 0.470. The summed E-state index contributed by atoms with van der Waals surface area (Å²) in [5.41, 5.74) is 9.57. The van der Waals surface area contributed by atoms with E-state index in [1.165, 1.54) is 0 Å². The van der Waals surface area contributed by atoms with Crippen LogP contribution in [0.4, 0.5) is 0 Å². The molecule has 6 heteroatoms. The van der Waals surface area contributed by atoms with Crippen LogP contribution in [0.3, 0.4) is 0 Å². The molecule has 0 amide bonds. The molecule has 0 aliphatic rings. The van der Waals surface area contributed by atoms with Gasteiger partial charge in [0.25, 0.3) is 0 Å². The first kappa shape index (κ1) is 24.9. The lowest BCUT2D eigenvalue weighted by atomic mass is 10.0. The number of rotatable bonds is 5. The van der Waals surface area contributed by atoms with Crippen LogP contribution in [0.1, 0.15) is 5.56 Å². The fraction of sp³-hybridized carbons (Fsp3) is 0. The van der Waals surface area contributed by atoms with Crippen LogP contribution in [0.5, 0.6) is 0 Å². The van der Waals surface area contributed by atoms with Gasteiger partial charge in [-0.3, -0.25) is 4.98 Å². The van der Waals surface area contributed by atoms with E-state index >= 15 is 0 Å². The van der Waals surface area contributed by atoms with Gasteiger partial charge in [0.2, 0.25) is 0 Å². The Hall–Kier alpha value is -6.06. The molecule has 0 aliphatic carbocycles. The zero-order valence-electron chi connectivity index (χ0n) is 22.4. The van der Waals surface area contributed by atoms with Gasteiger partial charge in [-0.2, -0.15) is 5.26 Å². The second kappa shape index (κ2) is 10.8. The van der Waals surface area contributed by atoms with Crippen molar-refractivity contribution in [2.45, 2.75) is 0 Å². The van der Waals surface area contributed by atoms with E-state index in [1.54, 1.807) is 18.3 Å². The summed E-state index contributed by atoms with van der Waals surface area (Å²) in [4.78, 5) is 24.6. The summed E-state index contributed by atoms with van der Waals surface area (Å²) in [5, 5.41) is 9.33. The number of fused-ring (bicyclic) bond motifs is 1. The third-order valence-corrected chi connectivity index (χ3v) is 7.01. The molecular formula is C36H22N6. The van der Waals surface area contributed by atoms with Crippen molar-refractivity contribution in [1.82, 2.24) is 24.9 Å². The zero-order chi connectivity index (χ0) is 28.3. The number of hydrogen-bond acceptors (Lipinski definition) is 6. The number of aromatic nitrogens is 5. The van der Waals surface area contributed by atoms with E-state index in [0.29, 0.717) is 22.8 Å². The average Bonchev–Trinajstić information content (AvgIpc) is 3.08. The molecule has 42 heavy (non-hydrogen) atoms. The quantitative estimate of drug-likeness (QED) is 0.220. The van der Waals surface area contributed by atoms with Gasteiger partial charge in [0.15, 0.2) is 5.82 Å². The summed E-state index contributed by atoms with van der Waals surface area (Å²) in [6.07, 6.45) is 1.79. The van der Waals surface area contributed by atoms with Gasteiger partial charge >= 0.3 is 0 Å². The molecular weight excluding hydrogens is 516 g/mol. The predicted octanol–water partition coefficient (Wildman–Crippen LogP) is 8.02. The van der Waals surface area contributed by atoms with Gasteiger partial charge in [0.05, 0.1) is 39.7 Å². The number of para-hydroxylation sites is 2. The first-order chi connectivity index (χ1) is 20.7. The number of nitrogens with zero attached hydrogens (tertiary/aromatic N) is 6. The van der Waals surface area contributed by atoms with Crippen LogP contribution in [0.25, 0.3) is 67.6 Å². The highest BCUT2D eigenvalue weighted by molar-refractivity contribution is 5.85. The van der Waals surface area contributed by atoms with Crippen molar-refractivity contribution in [3.63, 3.8) is 0 Å². The Morgan fingerprint density at radius 3 is 1.62 bits per heavy atom. The Balaban J connectivity index is 1.43. The van der Waals surface area contributed by atoms with Crippen LogP contribution < -0.4 is 0 Å². The summed E-state index contributed by atoms with van der Waals surface area (Å²) >= 11 is 0. The largest absolute Gasteiger partial charge is 0.256 e. The van der Waals surface area contributed by atoms with Crippen LogP contribution in [-0.4, -0.2) is 24.9 Å². The Bertz CT molecular complexity index is 2070. The second-order valence-corrected chi connectivity index (χ2v) is 9.72. The van der Waals surface area contributed by atoms with E-state index in [0.717, 1.165) is 50.4 Å². The second-order valence-electron chi connectivity index (χ2n) is 9.72. The number of hydrogen-bond donors (Lipinski definition) is 0. The SMILES string of the molecule is N#Cc1ccc(-c2nc3ccccc3nc2-c2nc(-c3ccccc3)cc(-c3ccc(-c4ccccn4)cc3)n2)cc1. The van der Waals surface area contributed by atoms with Gasteiger partial charge in [-0.05, 0) is 42.5 Å². The van der Waals surface area contributed by atoms with E-state index in [-0.39, 0.29) is 0 Å². The molecule has 0 saturated carbocycles. The predicted molar refractivity (Wildman–Crippen MR) is 165 cm³/mol. The highest BCUT2D eigenvalue weighted by Crippen LogP contribution is 2.33. The summed E-state index contributed by atoms with van der Waals surface area (Å²) in [6.45, 7) is 0. The molecule has 196 valence electrons. The van der Waals surface area contributed by atoms with E-state index in [4.69, 9.17) is 19.9 Å². The van der Waals surface area contributed by atoms with Crippen molar-refractivity contribution < 1.29 is 0 Å². The van der Waals surface area contributed by atoms with Crippen molar-refractivity contribution in [3.8, 4) is 62.6 Å². The molecule has 7 aromatic rings. The van der Waals surface area contributed by atoms with Crippen molar-refractivity contribution in [3.05, 3.63) is 139 Å². The molecule has 4 aromatic carbocycles. The van der Waals surface area contributed by atoms with Crippen LogP contribution in [0, 0.1) is 11.3 Å². The van der Waals surface area contributed by atoms with Gasteiger partial charge in [0.1, 0.15) is 11.4 Å². The maximum absolute atomic E-state index is 9.33. The van der Waals surface area contributed by atoms with E-state index in [1.807, 2.05) is 91.0 Å². The lowest BCUT2D eigenvalue weighted by Crippen LogP contribution is -2.01. The van der Waals surface area contributed by atoms with Crippen molar-refractivity contribution in [1.29, 1.82) is 5.26 Å². The highest BCUT2D eigenvalue weighted by Gasteiger charge is 2.18. The standard InChI is InChI=1S/C36H22N6/c37-23-24-13-15-28(16-14-24)34-35(40-31-12-5-4-11-30(31)39-34)36-41-32(25-8-2-1-3-9-25)22-33(42-36)27-19-17-26(18-20-27)29-10-6-7-21-38-29/h1-22H. The van der Waals surface area contributed by atoms with Crippen LogP contribution >= 0.6 is 0 Å². The highest BCUT2D eigenvalue weighted by atomic mass is 15.0. The van der Waals surface area contributed by atoms with E-state index in [9.17, 15) is 5.26 Å². The molecule has 0 bridgehead atoms. The molecule has 7 rings (SSSR count). The fourth-order valence-electron chi connectivity index (χ4n) is 4.86. The molecule has 3 aromatic heterocycles. The molecule has 0 unspecified atom stereocenters. The summed E-state index contributed by atoms with van der Waals surface area (Å²) in [7, 11) is 0. The van der Waals surface area contributed by atoms with Crippen LogP contribution in [-0.2, 0) is 0 Å². The third kappa shape index (κ3) is 4.87. The van der Waals surface area contributed by atoms with Gasteiger partial charge in [-0.1, -0.05) is 84.9 Å². The van der Waals surface area contributed by atoms with Gasteiger partial charge in [-0.15, -0.1) is 0 Å². The van der Waals surface area contributed by atoms with Crippen molar-refractivity contribution in [2.24, 2.45) is 0 Å². The van der Waals surface area contributed by atoms with Crippen LogP contribution in [0.2, 0.25) is 0 Å². The van der Waals surface area contributed by atoms with E-state index < -0.39 is 0 Å². The molecule has 3 heterocycles. The number of benzene rings is 4. The Labute approximate surface area is 242 Å². The summed E-state index contributed by atoms with van der Waals surface area (Å²) < 4.78 is 0. The zero-order valence-corrected chi connectivity index (χ0v) is 22.4. The smallest absolute Gasteiger partial charge is 0.181 e. The minimum absolute atomic E-state index is 0.470. The summed E-state index contributed by atoms with van der Waals surface area (Å²) in [6, 6.07) is 43.4. The normalized spacial score (nSPS) is 10.8. The Kier molecular flexibility index (Phi) is 6.44. The molecule has 0 spiro atoms. The molecule has 0 atom stereocenters. The molecule has 0 radical (unpaired) electrons. The summed E-state index contributed by atoms with van der Waals surface area (Å²) in [5.74, 6) is 0.470. The fourth-order valence-corrected chi connectivity index (χ4v) is 4.86. The van der Waals surface area contributed by atoms with Crippen molar-refractivity contribution in [2.75, 3.05) is 0 Å². The minimum Gasteiger partial charge on any atom is -0.256 e. The maximum atomic E-state index is 9.33. The molecule has 6 nitrogen and oxygen atoms in total. The molecule has 0 N–H and O–H groups in total. The van der Waals surface area contributed by atoms with Crippen LogP contribution in [0.15, 0.2) is 134 Å². The first-order valence-electron chi connectivity index (χ1n) is 13.5. The Morgan fingerprint density at radius 1 is 0.452 bits per heavy atom. The molecule has 0 fully saturated rings. The van der Waals surface area contributed by atoms with Gasteiger partial charge < -0.3 is 0 Å². The van der Waals surface area contributed by atoms with E-state index in [2.05, 4.69) is 35.3 Å². The first-order valence-corrected chi connectivity index (χ1v) is 13.5. The monoisotopic (exact) mass is 538 g/mol. The maximum Gasteiger partial charge on any atom is 0.181 e. The number of pyridine rings is 1. The third-order valence-electron chi connectivity index (χ3n) is 7.01. The van der Waals surface area contributed by atoms with Gasteiger partial charge in [0, 0.05) is 28.5 Å². The number of nitriles is 1. The Morgan fingerprint density at radius 2 is 1.00 bits per heavy atom. The average molecular weight is 539 g/mol. The molecule has 0 aliphatic heterocycles. The van der Waals surface area contributed by atoms with Crippen molar-refractivity contribution >= 4 is 11.0 Å². The lowest BCUT2D eigenvalue weighted by Gasteiger charge is -2.13. The lowest BCUT2D eigenvalue weighted by molar-refractivity contribution is 1.14. The topological polar surface area (TPSA) is 88.2 Å². The van der Waals surface area contributed by atoms with Gasteiger partial charge in [-0.25, -0.2) is 19.9 Å². The molecule has 0 saturated heterocycles.